The van der Waals surface area contributed by atoms with Crippen molar-refractivity contribution in [3.63, 3.8) is 0 Å². The summed E-state index contributed by atoms with van der Waals surface area (Å²) >= 11 is 0. The molecule has 1 atom stereocenters. The standard InChI is InChI=1S/C22H27N3O3.HI/c1-23-22(24-13-18-10-16-6-4-5-7-19(16)28-18)25-9-8-15-11-20(26-2)21(27-3)12-17(15)14-25;/h4-7,11-12,18H,8-10,13-14H2,1-3H3,(H,23,24);1H. The van der Waals surface area contributed by atoms with E-state index < -0.39 is 0 Å². The predicted octanol–water partition coefficient (Wildman–Crippen LogP) is 3.26. The molecule has 2 aromatic carbocycles. The van der Waals surface area contributed by atoms with Crippen molar-refractivity contribution < 1.29 is 14.2 Å². The molecule has 4 rings (SSSR count). The third-order valence-electron chi connectivity index (χ3n) is 5.43. The zero-order valence-corrected chi connectivity index (χ0v) is 19.4. The van der Waals surface area contributed by atoms with Gasteiger partial charge in [-0.25, -0.2) is 0 Å². The molecule has 0 aromatic heterocycles. The molecule has 0 radical (unpaired) electrons. The first-order valence-electron chi connectivity index (χ1n) is 9.65. The van der Waals surface area contributed by atoms with Crippen LogP contribution in [-0.4, -0.2) is 51.3 Å². The van der Waals surface area contributed by atoms with Crippen molar-refractivity contribution in [3.05, 3.63) is 53.1 Å². The van der Waals surface area contributed by atoms with Crippen molar-refractivity contribution in [1.82, 2.24) is 10.2 Å². The summed E-state index contributed by atoms with van der Waals surface area (Å²) in [7, 11) is 5.18. The number of fused-ring (bicyclic) bond motifs is 2. The predicted molar refractivity (Wildman–Crippen MR) is 125 cm³/mol. The smallest absolute Gasteiger partial charge is 0.194 e. The minimum Gasteiger partial charge on any atom is -0.493 e. The van der Waals surface area contributed by atoms with Crippen molar-refractivity contribution in [3.8, 4) is 17.2 Å². The number of methoxy groups -OCH3 is 2. The first-order chi connectivity index (χ1) is 13.7. The Hall–Kier alpha value is -2.16. The molecule has 0 saturated carbocycles. The van der Waals surface area contributed by atoms with E-state index in [9.17, 15) is 0 Å². The summed E-state index contributed by atoms with van der Waals surface area (Å²) in [6, 6.07) is 12.4. The molecule has 0 aliphatic carbocycles. The quantitative estimate of drug-likeness (QED) is 0.390. The third-order valence-corrected chi connectivity index (χ3v) is 5.43. The molecular formula is C22H28IN3O3. The number of rotatable bonds is 4. The summed E-state index contributed by atoms with van der Waals surface area (Å²) in [5, 5.41) is 3.49. The first-order valence-corrected chi connectivity index (χ1v) is 9.65. The second-order valence-corrected chi connectivity index (χ2v) is 7.13. The largest absolute Gasteiger partial charge is 0.493 e. The number of hydrogen-bond acceptors (Lipinski definition) is 4. The van der Waals surface area contributed by atoms with Crippen LogP contribution in [0.3, 0.4) is 0 Å². The highest BCUT2D eigenvalue weighted by molar-refractivity contribution is 14.0. The first kappa shape index (κ1) is 21.5. The van der Waals surface area contributed by atoms with E-state index in [1.165, 1.54) is 16.7 Å². The van der Waals surface area contributed by atoms with Gasteiger partial charge in [0.1, 0.15) is 11.9 Å². The van der Waals surface area contributed by atoms with Gasteiger partial charge in [-0.2, -0.15) is 0 Å². The van der Waals surface area contributed by atoms with Crippen LogP contribution in [0.2, 0.25) is 0 Å². The maximum Gasteiger partial charge on any atom is 0.194 e. The van der Waals surface area contributed by atoms with Crippen LogP contribution >= 0.6 is 24.0 Å². The van der Waals surface area contributed by atoms with E-state index in [1.54, 1.807) is 14.2 Å². The van der Waals surface area contributed by atoms with Crippen molar-refractivity contribution in [2.75, 3.05) is 34.4 Å². The monoisotopic (exact) mass is 509 g/mol. The molecule has 29 heavy (non-hydrogen) atoms. The molecule has 0 amide bonds. The molecule has 0 bridgehead atoms. The third kappa shape index (κ3) is 4.55. The summed E-state index contributed by atoms with van der Waals surface area (Å²) in [6.45, 7) is 2.44. The van der Waals surface area contributed by atoms with Gasteiger partial charge in [0.2, 0.25) is 0 Å². The summed E-state index contributed by atoms with van der Waals surface area (Å²) < 4.78 is 16.9. The Labute approximate surface area is 189 Å². The van der Waals surface area contributed by atoms with Crippen LogP contribution in [0.4, 0.5) is 0 Å². The van der Waals surface area contributed by atoms with Crippen LogP contribution in [0.25, 0.3) is 0 Å². The number of ether oxygens (including phenoxy) is 3. The molecule has 0 spiro atoms. The van der Waals surface area contributed by atoms with Crippen LogP contribution in [-0.2, 0) is 19.4 Å². The van der Waals surface area contributed by atoms with Crippen LogP contribution in [0.1, 0.15) is 16.7 Å². The second kappa shape index (κ2) is 9.56. The van der Waals surface area contributed by atoms with E-state index in [-0.39, 0.29) is 30.1 Å². The highest BCUT2D eigenvalue weighted by atomic mass is 127. The number of halogens is 1. The van der Waals surface area contributed by atoms with Gasteiger partial charge in [-0.3, -0.25) is 4.99 Å². The lowest BCUT2D eigenvalue weighted by Crippen LogP contribution is -2.46. The van der Waals surface area contributed by atoms with E-state index in [4.69, 9.17) is 14.2 Å². The lowest BCUT2D eigenvalue weighted by atomic mass is 9.99. The number of aliphatic imine (C=N–C) groups is 1. The normalized spacial score (nSPS) is 17.6. The van der Waals surface area contributed by atoms with Crippen LogP contribution in [0, 0.1) is 0 Å². The summed E-state index contributed by atoms with van der Waals surface area (Å²) in [4.78, 5) is 6.77. The van der Waals surface area contributed by atoms with Gasteiger partial charge in [0.15, 0.2) is 17.5 Å². The fourth-order valence-corrected chi connectivity index (χ4v) is 3.97. The summed E-state index contributed by atoms with van der Waals surface area (Å²) in [5.74, 6) is 3.45. The van der Waals surface area contributed by atoms with Gasteiger partial charge in [0.05, 0.1) is 20.8 Å². The van der Waals surface area contributed by atoms with Gasteiger partial charge in [0, 0.05) is 26.6 Å². The average Bonchev–Trinajstić information content (AvgIpc) is 3.16. The molecule has 2 aliphatic rings. The van der Waals surface area contributed by atoms with E-state index in [1.807, 2.05) is 19.2 Å². The van der Waals surface area contributed by atoms with E-state index in [2.05, 4.69) is 39.5 Å². The maximum atomic E-state index is 6.03. The Balaban J connectivity index is 0.00000240. The van der Waals surface area contributed by atoms with Gasteiger partial charge in [0.25, 0.3) is 0 Å². The summed E-state index contributed by atoms with van der Waals surface area (Å²) in [6.07, 6.45) is 2.01. The molecule has 1 unspecified atom stereocenters. The minimum absolute atomic E-state index is 0. The number of benzene rings is 2. The number of hydrogen-bond donors (Lipinski definition) is 1. The van der Waals surface area contributed by atoms with Gasteiger partial charge in [-0.05, 0) is 41.3 Å². The minimum atomic E-state index is 0. The van der Waals surface area contributed by atoms with Crippen molar-refractivity contribution in [2.24, 2.45) is 4.99 Å². The molecule has 1 N–H and O–H groups in total. The Morgan fingerprint density at radius 1 is 1.14 bits per heavy atom. The fraction of sp³-hybridized carbons (Fsp3) is 0.409. The van der Waals surface area contributed by atoms with E-state index >= 15 is 0 Å². The molecule has 2 aromatic rings. The number of nitrogens with one attached hydrogen (secondary N) is 1. The van der Waals surface area contributed by atoms with Crippen LogP contribution < -0.4 is 19.5 Å². The zero-order chi connectivity index (χ0) is 19.5. The molecule has 0 saturated heterocycles. The molecule has 2 heterocycles. The van der Waals surface area contributed by atoms with Crippen molar-refractivity contribution >= 4 is 29.9 Å². The summed E-state index contributed by atoms with van der Waals surface area (Å²) in [5.41, 5.74) is 3.83. The fourth-order valence-electron chi connectivity index (χ4n) is 3.97. The lowest BCUT2D eigenvalue weighted by molar-refractivity contribution is 0.232. The molecule has 2 aliphatic heterocycles. The Kier molecular flexibility index (Phi) is 7.10. The van der Waals surface area contributed by atoms with Crippen molar-refractivity contribution in [2.45, 2.75) is 25.5 Å². The number of para-hydroxylation sites is 1. The number of guanidine groups is 1. The van der Waals surface area contributed by atoms with Gasteiger partial charge in [-0.15, -0.1) is 24.0 Å². The second-order valence-electron chi connectivity index (χ2n) is 7.13. The van der Waals surface area contributed by atoms with Gasteiger partial charge in [-0.1, -0.05) is 18.2 Å². The zero-order valence-electron chi connectivity index (χ0n) is 17.1. The van der Waals surface area contributed by atoms with E-state index in [0.717, 1.165) is 55.7 Å². The van der Waals surface area contributed by atoms with Gasteiger partial charge < -0.3 is 24.4 Å². The Morgan fingerprint density at radius 3 is 2.55 bits per heavy atom. The Morgan fingerprint density at radius 2 is 1.86 bits per heavy atom. The lowest BCUT2D eigenvalue weighted by Gasteiger charge is -2.32. The highest BCUT2D eigenvalue weighted by Crippen LogP contribution is 2.33. The maximum absolute atomic E-state index is 6.03. The average molecular weight is 509 g/mol. The SMILES string of the molecule is CN=C(NCC1Cc2ccccc2O1)N1CCc2cc(OC)c(OC)cc2C1.I. The van der Waals surface area contributed by atoms with Crippen LogP contribution in [0.5, 0.6) is 17.2 Å². The molecular weight excluding hydrogens is 481 g/mol. The molecule has 0 fully saturated rings. The van der Waals surface area contributed by atoms with E-state index in [0.29, 0.717) is 0 Å². The highest BCUT2D eigenvalue weighted by Gasteiger charge is 2.25. The topological polar surface area (TPSA) is 55.3 Å². The van der Waals surface area contributed by atoms with Crippen molar-refractivity contribution in [1.29, 1.82) is 0 Å². The molecule has 6 nitrogen and oxygen atoms in total. The Bertz CT molecular complexity index is 863. The van der Waals surface area contributed by atoms with Gasteiger partial charge >= 0.3 is 0 Å². The van der Waals surface area contributed by atoms with Crippen LogP contribution in [0.15, 0.2) is 41.4 Å². The molecule has 156 valence electrons. The number of nitrogens with zero attached hydrogens (tertiary/aromatic N) is 2. The molecule has 7 heteroatoms.